The second-order valence-corrected chi connectivity index (χ2v) is 8.81. The summed E-state index contributed by atoms with van der Waals surface area (Å²) in [5, 5.41) is 7.63. The van der Waals surface area contributed by atoms with Gasteiger partial charge in [-0.2, -0.15) is 0 Å². The van der Waals surface area contributed by atoms with Gasteiger partial charge in [0.2, 0.25) is 0 Å². The van der Waals surface area contributed by atoms with E-state index in [0.29, 0.717) is 5.02 Å². The highest BCUT2D eigenvalue weighted by Crippen LogP contribution is 2.31. The number of nitrogens with one attached hydrogen (secondary N) is 2. The molecule has 2 heterocycles. The van der Waals surface area contributed by atoms with E-state index in [4.69, 9.17) is 16.6 Å². The first-order valence-electron chi connectivity index (χ1n) is 11.4. The molecule has 0 saturated carbocycles. The van der Waals surface area contributed by atoms with Crippen molar-refractivity contribution in [1.29, 1.82) is 0 Å². The van der Waals surface area contributed by atoms with Gasteiger partial charge in [-0.25, -0.2) is 9.97 Å². The molecule has 0 spiro atoms. The molecule has 2 N–H and O–H groups in total. The summed E-state index contributed by atoms with van der Waals surface area (Å²) in [7, 11) is 2.13. The highest BCUT2D eigenvalue weighted by Gasteiger charge is 2.12. The number of anilines is 4. The Hall–Kier alpha value is -3.77. The molecule has 0 unspecified atom stereocenters. The van der Waals surface area contributed by atoms with Gasteiger partial charge in [0.1, 0.15) is 5.52 Å². The molecular weight excluding hydrogens is 444 g/mol. The van der Waals surface area contributed by atoms with Crippen molar-refractivity contribution in [3.63, 3.8) is 0 Å². The summed E-state index contributed by atoms with van der Waals surface area (Å²) >= 11 is 6.45. The molecule has 172 valence electrons. The quantitative estimate of drug-likeness (QED) is 0.252. The zero-order valence-electron chi connectivity index (χ0n) is 19.3. The van der Waals surface area contributed by atoms with Crippen molar-refractivity contribution in [2.75, 3.05) is 35.7 Å². The number of aryl methyl sites for hydroxylation is 1. The summed E-state index contributed by atoms with van der Waals surface area (Å²) in [6, 6.07) is 22.6. The van der Waals surface area contributed by atoms with Crippen molar-refractivity contribution < 1.29 is 0 Å². The Bertz CT molecular complexity index is 1410. The van der Waals surface area contributed by atoms with E-state index >= 15 is 0 Å². The third-order valence-corrected chi connectivity index (χ3v) is 6.33. The molecule has 5 rings (SSSR count). The number of hydrogen-bond acceptors (Lipinski definition) is 5. The number of hydrogen-bond donors (Lipinski definition) is 2. The Kier molecular flexibility index (Phi) is 6.23. The minimum absolute atomic E-state index is 0.662. The van der Waals surface area contributed by atoms with Gasteiger partial charge in [-0.15, -0.1) is 0 Å². The topological polar surface area (TPSA) is 57.5 Å². The maximum Gasteiger partial charge on any atom is 0.157 e. The molecular formula is C27H27ClN6. The van der Waals surface area contributed by atoms with Crippen molar-refractivity contribution in [1.82, 2.24) is 14.4 Å². The molecule has 5 aromatic rings. The van der Waals surface area contributed by atoms with E-state index in [0.717, 1.165) is 58.8 Å². The minimum Gasteiger partial charge on any atom is -0.385 e. The standard InChI is InChI=1S/C27H27ClN6/c1-19-8-6-11-22(28)26(19)32-27-25-17-29-18-34(25)24-13-12-20(16-23(24)31-27)30-14-7-15-33(2)21-9-4-3-5-10-21/h3-6,8-13,16-18,30H,7,14-15H2,1-2H3,(H,31,32). The van der Waals surface area contributed by atoms with Crippen molar-refractivity contribution in [2.45, 2.75) is 13.3 Å². The predicted molar refractivity (Wildman–Crippen MR) is 143 cm³/mol. The van der Waals surface area contributed by atoms with Gasteiger partial charge in [-0.3, -0.25) is 4.40 Å². The van der Waals surface area contributed by atoms with E-state index in [1.807, 2.05) is 43.7 Å². The van der Waals surface area contributed by atoms with E-state index in [1.54, 1.807) is 0 Å². The average molecular weight is 471 g/mol. The molecule has 0 aliphatic rings. The third-order valence-electron chi connectivity index (χ3n) is 6.01. The van der Waals surface area contributed by atoms with Crippen LogP contribution in [-0.2, 0) is 0 Å². The smallest absolute Gasteiger partial charge is 0.157 e. The lowest BCUT2D eigenvalue weighted by molar-refractivity contribution is 0.816. The molecule has 6 nitrogen and oxygen atoms in total. The van der Waals surface area contributed by atoms with Crippen LogP contribution in [0.2, 0.25) is 5.02 Å². The molecule has 0 aliphatic carbocycles. The van der Waals surface area contributed by atoms with Gasteiger partial charge >= 0.3 is 0 Å². The van der Waals surface area contributed by atoms with Gasteiger partial charge in [-0.05, 0) is 55.3 Å². The number of rotatable bonds is 8. The van der Waals surface area contributed by atoms with Crippen LogP contribution in [-0.4, -0.2) is 34.5 Å². The van der Waals surface area contributed by atoms with Crippen molar-refractivity contribution in [2.24, 2.45) is 0 Å². The zero-order valence-corrected chi connectivity index (χ0v) is 20.0. The van der Waals surface area contributed by atoms with Crippen LogP contribution in [0.1, 0.15) is 12.0 Å². The van der Waals surface area contributed by atoms with Crippen LogP contribution in [0.4, 0.5) is 22.9 Å². The number of benzene rings is 3. The van der Waals surface area contributed by atoms with Crippen LogP contribution in [0.15, 0.2) is 79.3 Å². The highest BCUT2D eigenvalue weighted by molar-refractivity contribution is 6.33. The normalized spacial score (nSPS) is 11.1. The van der Waals surface area contributed by atoms with E-state index in [2.05, 4.69) is 74.4 Å². The number of para-hydroxylation sites is 2. The summed E-state index contributed by atoms with van der Waals surface area (Å²) in [5.41, 5.74) is 6.97. The maximum absolute atomic E-state index is 6.45. The second kappa shape index (κ2) is 9.61. The van der Waals surface area contributed by atoms with Gasteiger partial charge in [0, 0.05) is 31.5 Å². The first-order chi connectivity index (χ1) is 16.6. The zero-order chi connectivity index (χ0) is 23.5. The van der Waals surface area contributed by atoms with Crippen LogP contribution >= 0.6 is 11.6 Å². The number of fused-ring (bicyclic) bond motifs is 3. The minimum atomic E-state index is 0.662. The first-order valence-corrected chi connectivity index (χ1v) is 11.8. The molecule has 34 heavy (non-hydrogen) atoms. The van der Waals surface area contributed by atoms with Crippen molar-refractivity contribution in [3.8, 4) is 0 Å². The first kappa shape index (κ1) is 22.0. The van der Waals surface area contributed by atoms with Gasteiger partial charge in [0.25, 0.3) is 0 Å². The summed E-state index contributed by atoms with van der Waals surface area (Å²) in [5.74, 6) is 0.725. The van der Waals surface area contributed by atoms with Crippen LogP contribution in [0.3, 0.4) is 0 Å². The monoisotopic (exact) mass is 470 g/mol. The van der Waals surface area contributed by atoms with E-state index in [-0.39, 0.29) is 0 Å². The molecule has 7 heteroatoms. The molecule has 0 fully saturated rings. The Morgan fingerprint density at radius 2 is 1.85 bits per heavy atom. The summed E-state index contributed by atoms with van der Waals surface area (Å²) in [6.07, 6.45) is 4.66. The van der Waals surface area contributed by atoms with E-state index in [1.165, 1.54) is 5.69 Å². The molecule has 0 atom stereocenters. The molecule has 0 radical (unpaired) electrons. The largest absolute Gasteiger partial charge is 0.385 e. The van der Waals surface area contributed by atoms with Crippen LogP contribution < -0.4 is 15.5 Å². The molecule has 0 bridgehead atoms. The van der Waals surface area contributed by atoms with E-state index < -0.39 is 0 Å². The Morgan fingerprint density at radius 1 is 1.00 bits per heavy atom. The fourth-order valence-corrected chi connectivity index (χ4v) is 4.40. The molecule has 3 aromatic carbocycles. The molecule has 0 aliphatic heterocycles. The van der Waals surface area contributed by atoms with Crippen LogP contribution in [0.25, 0.3) is 16.6 Å². The lowest BCUT2D eigenvalue weighted by Gasteiger charge is -2.19. The lowest BCUT2D eigenvalue weighted by atomic mass is 10.2. The van der Waals surface area contributed by atoms with Gasteiger partial charge in [0.15, 0.2) is 5.82 Å². The highest BCUT2D eigenvalue weighted by atomic mass is 35.5. The number of nitrogens with zero attached hydrogens (tertiary/aromatic N) is 4. The molecule has 0 saturated heterocycles. The number of imidazole rings is 1. The third kappa shape index (κ3) is 4.50. The molecule has 2 aromatic heterocycles. The summed E-state index contributed by atoms with van der Waals surface area (Å²) in [4.78, 5) is 11.6. The predicted octanol–water partition coefficient (Wildman–Crippen LogP) is 6.53. The SMILES string of the molecule is Cc1cccc(Cl)c1Nc1nc2cc(NCCCN(C)c3ccccc3)ccc2n2cncc12. The van der Waals surface area contributed by atoms with Gasteiger partial charge < -0.3 is 15.5 Å². The Morgan fingerprint density at radius 3 is 2.68 bits per heavy atom. The fourth-order valence-electron chi connectivity index (χ4n) is 4.13. The fraction of sp³-hybridized carbons (Fsp3) is 0.185. The van der Waals surface area contributed by atoms with Gasteiger partial charge in [-0.1, -0.05) is 41.9 Å². The number of halogens is 1. The van der Waals surface area contributed by atoms with Gasteiger partial charge in [0.05, 0.1) is 34.3 Å². The summed E-state index contributed by atoms with van der Waals surface area (Å²) in [6.45, 7) is 3.88. The Labute approximate surface area is 204 Å². The lowest BCUT2D eigenvalue weighted by Crippen LogP contribution is -2.20. The second-order valence-electron chi connectivity index (χ2n) is 8.41. The van der Waals surface area contributed by atoms with Crippen LogP contribution in [0, 0.1) is 6.92 Å². The number of aromatic nitrogens is 3. The van der Waals surface area contributed by atoms with E-state index in [9.17, 15) is 0 Å². The average Bonchev–Trinajstić information content (AvgIpc) is 3.35. The summed E-state index contributed by atoms with van der Waals surface area (Å²) < 4.78 is 2.05. The van der Waals surface area contributed by atoms with Crippen molar-refractivity contribution in [3.05, 3.63) is 89.8 Å². The maximum atomic E-state index is 6.45. The van der Waals surface area contributed by atoms with Crippen molar-refractivity contribution >= 4 is 51.0 Å². The molecule has 0 amide bonds. The Balaban J connectivity index is 1.35. The van der Waals surface area contributed by atoms with Crippen LogP contribution in [0.5, 0.6) is 0 Å².